The van der Waals surface area contributed by atoms with Gasteiger partial charge in [-0.15, -0.1) is 0 Å². The molecule has 0 bridgehead atoms. The lowest BCUT2D eigenvalue weighted by atomic mass is 9.74. The highest BCUT2D eigenvalue weighted by molar-refractivity contribution is 5.88. The third-order valence-corrected chi connectivity index (χ3v) is 14.3. The zero-order valence-corrected chi connectivity index (χ0v) is 40.2. The number of hydrogen-bond acceptors (Lipinski definition) is 16. The molecule has 17 heteroatoms. The highest BCUT2D eigenvalue weighted by atomic mass is 16.7. The summed E-state index contributed by atoms with van der Waals surface area (Å²) in [7, 11) is 5.14. The van der Waals surface area contributed by atoms with Gasteiger partial charge in [0, 0.05) is 61.9 Å². The van der Waals surface area contributed by atoms with Gasteiger partial charge in [-0.1, -0.05) is 39.0 Å². The lowest BCUT2D eigenvalue weighted by molar-refractivity contribution is -0.318. The number of para-hydroxylation sites is 1. The van der Waals surface area contributed by atoms with E-state index in [9.17, 15) is 39.9 Å². The Kier molecular flexibility index (Phi) is 17.4. The summed E-state index contributed by atoms with van der Waals surface area (Å²) in [5, 5.41) is 62.9. The van der Waals surface area contributed by atoms with Crippen molar-refractivity contribution in [3.8, 4) is 0 Å². The molecule has 0 aliphatic carbocycles. The average molecular weight is 918 g/mol. The lowest BCUT2D eigenvalue weighted by Crippen LogP contribution is -2.61. The van der Waals surface area contributed by atoms with Crippen LogP contribution in [0.1, 0.15) is 93.6 Å². The molecule has 4 heterocycles. The van der Waals surface area contributed by atoms with Crippen LogP contribution < -0.4 is 5.32 Å². The van der Waals surface area contributed by atoms with Gasteiger partial charge in [0.2, 0.25) is 5.91 Å². The first-order chi connectivity index (χ1) is 30.3. The van der Waals surface area contributed by atoms with E-state index in [-0.39, 0.29) is 50.3 Å². The molecule has 0 saturated carbocycles. The molecule has 3 fully saturated rings. The van der Waals surface area contributed by atoms with E-state index in [4.69, 9.17) is 28.4 Å². The van der Waals surface area contributed by atoms with Crippen LogP contribution in [0.2, 0.25) is 0 Å². The summed E-state index contributed by atoms with van der Waals surface area (Å²) < 4.78 is 37.7. The molecule has 17 nitrogen and oxygen atoms in total. The van der Waals surface area contributed by atoms with Crippen LogP contribution in [0.4, 0.5) is 0 Å². The maximum atomic E-state index is 14.7. The van der Waals surface area contributed by atoms with Crippen molar-refractivity contribution >= 4 is 28.6 Å². The predicted octanol–water partition coefficient (Wildman–Crippen LogP) is 2.67. The summed E-state index contributed by atoms with van der Waals surface area (Å²) in [6, 6.07) is 8.85. The number of nitrogens with one attached hydrogen (secondary N) is 1. The van der Waals surface area contributed by atoms with E-state index in [1.807, 2.05) is 50.2 Å². The van der Waals surface area contributed by atoms with Crippen molar-refractivity contribution in [3.05, 3.63) is 42.1 Å². The number of aromatic nitrogens is 1. The summed E-state index contributed by atoms with van der Waals surface area (Å²) >= 11 is 0. The van der Waals surface area contributed by atoms with Gasteiger partial charge in [-0.25, -0.2) is 0 Å². The summed E-state index contributed by atoms with van der Waals surface area (Å²) in [6.45, 7) is 14.3. The molecule has 1 amide bonds. The summed E-state index contributed by atoms with van der Waals surface area (Å²) in [4.78, 5) is 48.5. The Balaban J connectivity index is 1.52. The van der Waals surface area contributed by atoms with Gasteiger partial charge in [0.25, 0.3) is 0 Å². The average Bonchev–Trinajstić information content (AvgIpc) is 3.25. The summed E-state index contributed by atoms with van der Waals surface area (Å²) in [5.41, 5.74) is -3.71. The first-order valence-electron chi connectivity index (χ1n) is 23.0. The maximum absolute atomic E-state index is 14.7. The molecule has 5 rings (SSSR count). The second-order valence-corrected chi connectivity index (χ2v) is 19.9. The van der Waals surface area contributed by atoms with Crippen molar-refractivity contribution < 1.29 is 68.3 Å². The van der Waals surface area contributed by atoms with Crippen LogP contribution in [0, 0.1) is 23.7 Å². The molecule has 366 valence electrons. The Morgan fingerprint density at radius 2 is 1.60 bits per heavy atom. The fraction of sp³-hybridized carbons (Fsp3) is 0.750. The first-order valence-corrected chi connectivity index (χ1v) is 23.0. The van der Waals surface area contributed by atoms with Gasteiger partial charge in [-0.05, 0) is 86.2 Å². The van der Waals surface area contributed by atoms with E-state index >= 15 is 0 Å². The number of esters is 1. The van der Waals surface area contributed by atoms with Crippen LogP contribution in [0.25, 0.3) is 10.9 Å². The number of benzene rings is 1. The highest BCUT2D eigenvalue weighted by Crippen LogP contribution is 2.41. The Bertz CT molecular complexity index is 1930. The standard InChI is InChI=1S/C48H75N3O14/c1-25-23-46(7,58)43(65-45-39(54)34(51(10)11)21-26(2)61-45)28(4)40(64-37-24-47(8,60-12)42(56)30(6)62-37)29(5)44(57)63-35(48(9,59)41(55)27(3)38(25)53)18-20-50-36(52)22-31-17-19-49-33-16-14-13-15-32(31)33/h13-17,19,25-30,34-35,37,39-43,45,54-56,58-59H,18,20-24H2,1-12H3,(H,50,52)/t25-,26?,27+,28+,29?,30?,34?,35-,37?,39?,40?,41?,42?,43?,45?,46-,47?,48-/m1/s1. The molecule has 65 heavy (non-hydrogen) atoms. The van der Waals surface area contributed by atoms with Crippen molar-refractivity contribution in [2.45, 2.75) is 179 Å². The number of carbonyl (C=O) groups is 3. The van der Waals surface area contributed by atoms with Crippen molar-refractivity contribution in [1.29, 1.82) is 0 Å². The molecule has 12 unspecified atom stereocenters. The molecule has 2 aromatic rings. The highest BCUT2D eigenvalue weighted by Gasteiger charge is 2.53. The number of nitrogens with zero attached hydrogens (tertiary/aromatic N) is 2. The quantitative estimate of drug-likeness (QED) is 0.178. The number of likely N-dealkylation sites (N-methyl/N-ethyl adjacent to an activating group) is 1. The monoisotopic (exact) mass is 918 g/mol. The van der Waals surface area contributed by atoms with Crippen LogP contribution in [0.5, 0.6) is 0 Å². The molecule has 6 N–H and O–H groups in total. The molecule has 1 aromatic heterocycles. The topological polar surface area (TPSA) is 236 Å². The zero-order chi connectivity index (χ0) is 48.3. The normalized spacial score (nSPS) is 41.5. The van der Waals surface area contributed by atoms with Gasteiger partial charge in [-0.3, -0.25) is 19.4 Å². The third-order valence-electron chi connectivity index (χ3n) is 14.3. The summed E-state index contributed by atoms with van der Waals surface area (Å²) in [6.07, 6.45) is -9.46. The number of ether oxygens (including phenoxy) is 6. The number of fused-ring (bicyclic) bond motifs is 1. The van der Waals surface area contributed by atoms with Crippen LogP contribution in [0.3, 0.4) is 0 Å². The Morgan fingerprint density at radius 3 is 2.26 bits per heavy atom. The third kappa shape index (κ3) is 11.9. The molecular weight excluding hydrogens is 843 g/mol. The van der Waals surface area contributed by atoms with Crippen LogP contribution in [-0.4, -0.2) is 165 Å². The van der Waals surface area contributed by atoms with Crippen molar-refractivity contribution in [2.75, 3.05) is 27.7 Å². The fourth-order valence-corrected chi connectivity index (χ4v) is 10.2. The number of aliphatic hydroxyl groups excluding tert-OH is 3. The van der Waals surface area contributed by atoms with Gasteiger partial charge < -0.3 is 64.2 Å². The lowest BCUT2D eigenvalue weighted by Gasteiger charge is -2.49. The number of methoxy groups -OCH3 is 1. The molecular formula is C48H75N3O14. The van der Waals surface area contributed by atoms with Crippen molar-refractivity contribution in [3.63, 3.8) is 0 Å². The molecule has 3 saturated heterocycles. The number of amides is 1. The predicted molar refractivity (Wildman–Crippen MR) is 239 cm³/mol. The minimum Gasteiger partial charge on any atom is -0.459 e. The van der Waals surface area contributed by atoms with Gasteiger partial charge in [-0.2, -0.15) is 0 Å². The minimum atomic E-state index is -2.22. The smallest absolute Gasteiger partial charge is 0.311 e. The maximum Gasteiger partial charge on any atom is 0.311 e. The van der Waals surface area contributed by atoms with Gasteiger partial charge in [0.1, 0.15) is 29.7 Å². The number of aliphatic hydroxyl groups is 5. The number of cyclic esters (lactones) is 1. The molecule has 1 aromatic carbocycles. The van der Waals surface area contributed by atoms with E-state index in [0.29, 0.717) is 6.42 Å². The number of pyridine rings is 1. The van der Waals surface area contributed by atoms with E-state index in [1.165, 1.54) is 27.9 Å². The van der Waals surface area contributed by atoms with Crippen LogP contribution >= 0.6 is 0 Å². The molecule has 3 aliphatic rings. The number of carbonyl (C=O) groups excluding carboxylic acids is 3. The van der Waals surface area contributed by atoms with Gasteiger partial charge in [0.15, 0.2) is 12.6 Å². The largest absolute Gasteiger partial charge is 0.459 e. The van der Waals surface area contributed by atoms with Crippen molar-refractivity contribution in [2.24, 2.45) is 23.7 Å². The summed E-state index contributed by atoms with van der Waals surface area (Å²) in [5.74, 6) is -5.94. The van der Waals surface area contributed by atoms with E-state index < -0.39 is 108 Å². The fourth-order valence-electron chi connectivity index (χ4n) is 10.2. The van der Waals surface area contributed by atoms with Gasteiger partial charge >= 0.3 is 5.97 Å². The second-order valence-electron chi connectivity index (χ2n) is 19.9. The molecule has 3 aliphatic heterocycles. The number of Topliss-reactive ketones (excluding diaryl/α,β-unsaturated/α-hetero) is 1. The molecule has 0 spiro atoms. The Hall–Kier alpha value is -3.20. The van der Waals surface area contributed by atoms with Crippen LogP contribution in [0.15, 0.2) is 36.5 Å². The number of hydrogen-bond donors (Lipinski definition) is 6. The zero-order valence-electron chi connectivity index (χ0n) is 40.2. The van der Waals surface area contributed by atoms with Gasteiger partial charge in [0.05, 0.1) is 59.6 Å². The first kappa shape index (κ1) is 52.8. The number of rotatable bonds is 11. The Labute approximate surface area is 383 Å². The number of ketones is 1. The second kappa shape index (κ2) is 21.4. The van der Waals surface area contributed by atoms with Crippen molar-refractivity contribution in [1.82, 2.24) is 15.2 Å². The van der Waals surface area contributed by atoms with Crippen LogP contribution in [-0.2, 0) is 49.2 Å². The molecule has 18 atom stereocenters. The SMILES string of the molecule is COC1(C)CC(OC2C(C)C(=O)O[C@H](CCNC(=O)Cc3ccnc4ccccc34)[C@@](C)(O)C(O)[C@@H](C)C(=O)[C@H](C)C[C@@](C)(O)C(OC3OC(C)CC(N(C)C)C3O)[C@H]2C)OC(C)C1O. The Morgan fingerprint density at radius 1 is 0.923 bits per heavy atom. The van der Waals surface area contributed by atoms with E-state index in [2.05, 4.69) is 10.3 Å². The van der Waals surface area contributed by atoms with E-state index in [1.54, 1.807) is 46.9 Å². The minimum absolute atomic E-state index is 0.0233. The van der Waals surface area contributed by atoms with E-state index in [0.717, 1.165) is 16.5 Å². The molecule has 0 radical (unpaired) electrons.